The van der Waals surface area contributed by atoms with E-state index < -0.39 is 10.0 Å². The summed E-state index contributed by atoms with van der Waals surface area (Å²) in [6, 6.07) is 12.5. The first kappa shape index (κ1) is 21.9. The number of hydrogen-bond donors (Lipinski definition) is 1. The maximum Gasteiger partial charge on any atom is 0.264 e. The quantitative estimate of drug-likeness (QED) is 0.647. The van der Waals surface area contributed by atoms with E-state index in [0.717, 1.165) is 17.1 Å². The Kier molecular flexibility index (Phi) is 7.44. The van der Waals surface area contributed by atoms with Crippen molar-refractivity contribution >= 4 is 44.8 Å². The Labute approximate surface area is 182 Å². The van der Waals surface area contributed by atoms with Crippen LogP contribution in [0, 0.1) is 5.92 Å². The third kappa shape index (κ3) is 5.87. The molecular formula is C21H24Cl2N2O3S. The van der Waals surface area contributed by atoms with Crippen molar-refractivity contribution in [3.63, 3.8) is 0 Å². The molecule has 0 bridgehead atoms. The molecule has 0 radical (unpaired) electrons. The highest BCUT2D eigenvalue weighted by Gasteiger charge is 2.28. The van der Waals surface area contributed by atoms with E-state index in [1.165, 1.54) is 49.6 Å². The van der Waals surface area contributed by atoms with Crippen LogP contribution in [-0.4, -0.2) is 27.4 Å². The van der Waals surface area contributed by atoms with Crippen molar-refractivity contribution in [2.24, 2.45) is 5.92 Å². The van der Waals surface area contributed by atoms with Gasteiger partial charge in [-0.25, -0.2) is 8.42 Å². The maximum atomic E-state index is 13.3. The number of hydrogen-bond acceptors (Lipinski definition) is 3. The minimum Gasteiger partial charge on any atom is -0.354 e. The summed E-state index contributed by atoms with van der Waals surface area (Å²) in [4.78, 5) is 12.7. The monoisotopic (exact) mass is 454 g/mol. The third-order valence-corrected chi connectivity index (χ3v) is 7.29. The van der Waals surface area contributed by atoms with E-state index >= 15 is 0 Å². The minimum atomic E-state index is -3.97. The third-order valence-electron chi connectivity index (χ3n) is 5.07. The van der Waals surface area contributed by atoms with Gasteiger partial charge >= 0.3 is 0 Å². The number of sulfonamides is 1. The van der Waals surface area contributed by atoms with Crippen LogP contribution in [0.25, 0.3) is 0 Å². The second-order valence-corrected chi connectivity index (χ2v) is 10.00. The summed E-state index contributed by atoms with van der Waals surface area (Å²) in [6.07, 6.45) is 5.78. The Balaban J connectivity index is 1.83. The van der Waals surface area contributed by atoms with Gasteiger partial charge in [0.2, 0.25) is 5.91 Å². The number of nitrogens with one attached hydrogen (secondary N) is 1. The van der Waals surface area contributed by atoms with Crippen molar-refractivity contribution in [3.8, 4) is 0 Å². The molecule has 0 aromatic heterocycles. The van der Waals surface area contributed by atoms with Crippen LogP contribution in [0.15, 0.2) is 53.4 Å². The molecule has 1 aliphatic carbocycles. The van der Waals surface area contributed by atoms with Gasteiger partial charge < -0.3 is 5.32 Å². The summed E-state index contributed by atoms with van der Waals surface area (Å²) < 4.78 is 27.6. The van der Waals surface area contributed by atoms with Gasteiger partial charge in [-0.3, -0.25) is 9.10 Å². The Morgan fingerprint density at radius 1 is 1.00 bits per heavy atom. The summed E-state index contributed by atoms with van der Waals surface area (Å²) in [7, 11) is -3.97. The SMILES string of the molecule is O=C(CN(c1cc(Cl)cc(Cl)c1)S(=O)(=O)c1ccccc1)NCC1CCCCC1. The van der Waals surface area contributed by atoms with E-state index in [-0.39, 0.29) is 23.0 Å². The number of rotatable bonds is 7. The predicted octanol–water partition coefficient (Wildman–Crippen LogP) is 4.89. The average molecular weight is 455 g/mol. The van der Waals surface area contributed by atoms with Crippen molar-refractivity contribution in [1.29, 1.82) is 0 Å². The highest BCUT2D eigenvalue weighted by atomic mass is 35.5. The number of anilines is 1. The van der Waals surface area contributed by atoms with E-state index in [2.05, 4.69) is 5.32 Å². The molecule has 1 amide bonds. The Morgan fingerprint density at radius 3 is 2.24 bits per heavy atom. The van der Waals surface area contributed by atoms with Crippen LogP contribution in [0.5, 0.6) is 0 Å². The molecule has 8 heteroatoms. The topological polar surface area (TPSA) is 66.5 Å². The van der Waals surface area contributed by atoms with Gasteiger partial charge in [0.15, 0.2) is 0 Å². The van der Waals surface area contributed by atoms with Crippen molar-refractivity contribution in [2.45, 2.75) is 37.0 Å². The fraction of sp³-hybridized carbons (Fsp3) is 0.381. The van der Waals surface area contributed by atoms with Crippen LogP contribution in [0.1, 0.15) is 32.1 Å². The molecule has 1 saturated carbocycles. The van der Waals surface area contributed by atoms with Gasteiger partial charge in [-0.05, 0) is 49.1 Å². The molecular weight excluding hydrogens is 431 g/mol. The number of nitrogens with zero attached hydrogens (tertiary/aromatic N) is 1. The zero-order valence-corrected chi connectivity index (χ0v) is 18.3. The second kappa shape index (κ2) is 9.83. The Bertz CT molecular complexity index is 925. The fourth-order valence-corrected chi connectivity index (χ4v) is 5.49. The number of halogens is 2. The molecule has 3 rings (SSSR count). The molecule has 0 saturated heterocycles. The van der Waals surface area contributed by atoms with Crippen molar-refractivity contribution < 1.29 is 13.2 Å². The highest BCUT2D eigenvalue weighted by molar-refractivity contribution is 7.92. The molecule has 5 nitrogen and oxygen atoms in total. The molecule has 1 N–H and O–H groups in total. The Hall–Kier alpha value is -1.76. The van der Waals surface area contributed by atoms with Gasteiger partial charge in [-0.1, -0.05) is 60.7 Å². The lowest BCUT2D eigenvalue weighted by molar-refractivity contribution is -0.119. The van der Waals surface area contributed by atoms with Crippen LogP contribution in [0.4, 0.5) is 5.69 Å². The summed E-state index contributed by atoms with van der Waals surface area (Å²) in [5, 5.41) is 3.48. The summed E-state index contributed by atoms with van der Waals surface area (Å²) >= 11 is 12.2. The summed E-state index contributed by atoms with van der Waals surface area (Å²) in [6.45, 7) is 0.217. The van der Waals surface area contributed by atoms with E-state index in [1.54, 1.807) is 18.2 Å². The maximum absolute atomic E-state index is 13.3. The van der Waals surface area contributed by atoms with Gasteiger partial charge in [-0.2, -0.15) is 0 Å². The summed E-state index contributed by atoms with van der Waals surface area (Å²) in [5.74, 6) is 0.0960. The van der Waals surface area contributed by atoms with Crippen molar-refractivity contribution in [2.75, 3.05) is 17.4 Å². The van der Waals surface area contributed by atoms with Crippen LogP contribution in [-0.2, 0) is 14.8 Å². The molecule has 0 atom stereocenters. The van der Waals surface area contributed by atoms with Gasteiger partial charge in [0.25, 0.3) is 10.0 Å². The lowest BCUT2D eigenvalue weighted by Crippen LogP contribution is -2.42. The highest BCUT2D eigenvalue weighted by Crippen LogP contribution is 2.29. The van der Waals surface area contributed by atoms with Crippen molar-refractivity contribution in [3.05, 3.63) is 58.6 Å². The van der Waals surface area contributed by atoms with E-state index in [4.69, 9.17) is 23.2 Å². The predicted molar refractivity (Wildman–Crippen MR) is 117 cm³/mol. The summed E-state index contributed by atoms with van der Waals surface area (Å²) in [5.41, 5.74) is 0.249. The van der Waals surface area contributed by atoms with E-state index in [0.29, 0.717) is 22.5 Å². The number of amides is 1. The second-order valence-electron chi connectivity index (χ2n) is 7.26. The molecule has 1 aliphatic rings. The largest absolute Gasteiger partial charge is 0.354 e. The number of carbonyl (C=O) groups excluding carboxylic acids is 1. The number of carbonyl (C=O) groups is 1. The molecule has 29 heavy (non-hydrogen) atoms. The zero-order valence-electron chi connectivity index (χ0n) is 16.0. The lowest BCUT2D eigenvalue weighted by Gasteiger charge is -2.26. The molecule has 156 valence electrons. The number of benzene rings is 2. The smallest absolute Gasteiger partial charge is 0.264 e. The fourth-order valence-electron chi connectivity index (χ4n) is 3.55. The Morgan fingerprint density at radius 2 is 1.62 bits per heavy atom. The zero-order chi connectivity index (χ0) is 20.9. The standard InChI is InChI=1S/C21H24Cl2N2O3S/c22-17-11-18(23)13-19(12-17)25(29(27,28)20-9-5-2-6-10-20)15-21(26)24-14-16-7-3-1-4-8-16/h2,5-6,9-13,16H,1,3-4,7-8,14-15H2,(H,24,26). The molecule has 2 aromatic rings. The van der Waals surface area contributed by atoms with E-state index in [1.807, 2.05) is 0 Å². The first-order chi connectivity index (χ1) is 13.9. The molecule has 1 fully saturated rings. The molecule has 2 aromatic carbocycles. The molecule has 0 aliphatic heterocycles. The average Bonchev–Trinajstić information content (AvgIpc) is 2.71. The van der Waals surface area contributed by atoms with Gasteiger partial charge in [-0.15, -0.1) is 0 Å². The molecule has 0 heterocycles. The van der Waals surface area contributed by atoms with Crippen molar-refractivity contribution in [1.82, 2.24) is 5.32 Å². The van der Waals surface area contributed by atoms with Crippen LogP contribution >= 0.6 is 23.2 Å². The first-order valence-electron chi connectivity index (χ1n) is 9.67. The van der Waals surface area contributed by atoms with Gasteiger partial charge in [0.1, 0.15) is 6.54 Å². The lowest BCUT2D eigenvalue weighted by atomic mass is 9.89. The minimum absolute atomic E-state index is 0.0937. The van der Waals surface area contributed by atoms with E-state index in [9.17, 15) is 13.2 Å². The normalized spacial score (nSPS) is 15.1. The van der Waals surface area contributed by atoms with Gasteiger partial charge in [0, 0.05) is 16.6 Å². The van der Waals surface area contributed by atoms with Crippen LogP contribution < -0.4 is 9.62 Å². The first-order valence-corrected chi connectivity index (χ1v) is 11.9. The van der Waals surface area contributed by atoms with Gasteiger partial charge in [0.05, 0.1) is 10.6 Å². The molecule has 0 spiro atoms. The molecule has 0 unspecified atom stereocenters. The van der Waals surface area contributed by atoms with Crippen LogP contribution in [0.2, 0.25) is 10.0 Å². The van der Waals surface area contributed by atoms with Crippen LogP contribution in [0.3, 0.4) is 0 Å².